The van der Waals surface area contributed by atoms with Gasteiger partial charge in [-0.3, -0.25) is 10.00 Å². The molecular weight excluding hydrogens is 240 g/mol. The maximum absolute atomic E-state index is 5.64. The summed E-state index contributed by atoms with van der Waals surface area (Å²) in [7, 11) is 0. The zero-order valence-electron chi connectivity index (χ0n) is 12.4. The second kappa shape index (κ2) is 6.91. The van der Waals surface area contributed by atoms with Crippen LogP contribution in [0.3, 0.4) is 0 Å². The number of aryl methyl sites for hydroxylation is 1. The highest BCUT2D eigenvalue weighted by Gasteiger charge is 2.18. The van der Waals surface area contributed by atoms with Gasteiger partial charge in [-0.05, 0) is 12.8 Å². The van der Waals surface area contributed by atoms with Crippen LogP contribution in [0.25, 0.3) is 0 Å². The molecule has 1 aromatic heterocycles. The molecule has 5 heteroatoms. The van der Waals surface area contributed by atoms with Gasteiger partial charge in [0.05, 0.1) is 6.61 Å². The third-order valence-electron chi connectivity index (χ3n) is 3.39. The molecule has 0 aliphatic carbocycles. The summed E-state index contributed by atoms with van der Waals surface area (Å²) in [6, 6.07) is 2.11. The Morgan fingerprint density at radius 1 is 1.32 bits per heavy atom. The van der Waals surface area contributed by atoms with Crippen LogP contribution in [0.2, 0.25) is 0 Å². The van der Waals surface area contributed by atoms with Crippen molar-refractivity contribution in [3.8, 4) is 0 Å². The predicted octanol–water partition coefficient (Wildman–Crippen LogP) is 1.51. The number of ether oxygens (including phenoxy) is 1. The molecule has 5 nitrogen and oxygen atoms in total. The van der Waals surface area contributed by atoms with E-state index in [1.54, 1.807) is 0 Å². The molecule has 1 saturated heterocycles. The highest BCUT2D eigenvalue weighted by Crippen LogP contribution is 2.13. The monoisotopic (exact) mass is 266 g/mol. The van der Waals surface area contributed by atoms with E-state index in [2.05, 4.69) is 39.9 Å². The molecule has 0 saturated carbocycles. The van der Waals surface area contributed by atoms with Crippen molar-refractivity contribution in [2.24, 2.45) is 5.92 Å². The van der Waals surface area contributed by atoms with Crippen molar-refractivity contribution in [1.82, 2.24) is 15.1 Å². The smallest absolute Gasteiger partial charge is 0.150 e. The summed E-state index contributed by atoms with van der Waals surface area (Å²) in [6.45, 7) is 13.5. The van der Waals surface area contributed by atoms with Crippen LogP contribution in [0.4, 0.5) is 5.82 Å². The molecule has 0 atom stereocenters. The Bertz CT molecular complexity index is 369. The first kappa shape index (κ1) is 14.3. The SMILES string of the molecule is Cc1cc(N2CCN(CCOCC(C)C)CC2)n[nH]1. The fourth-order valence-corrected chi connectivity index (χ4v) is 2.28. The Morgan fingerprint density at radius 2 is 2.05 bits per heavy atom. The number of aromatic nitrogens is 2. The van der Waals surface area contributed by atoms with Gasteiger partial charge in [-0.15, -0.1) is 0 Å². The van der Waals surface area contributed by atoms with Crippen LogP contribution in [0, 0.1) is 12.8 Å². The van der Waals surface area contributed by atoms with E-state index in [4.69, 9.17) is 4.74 Å². The topological polar surface area (TPSA) is 44.4 Å². The zero-order valence-corrected chi connectivity index (χ0v) is 12.4. The molecule has 2 rings (SSSR count). The van der Waals surface area contributed by atoms with E-state index in [9.17, 15) is 0 Å². The van der Waals surface area contributed by atoms with Crippen LogP contribution in [0.15, 0.2) is 6.07 Å². The lowest BCUT2D eigenvalue weighted by Crippen LogP contribution is -2.47. The van der Waals surface area contributed by atoms with Crippen molar-refractivity contribution >= 4 is 5.82 Å². The van der Waals surface area contributed by atoms with Crippen molar-refractivity contribution in [1.29, 1.82) is 0 Å². The van der Waals surface area contributed by atoms with E-state index in [1.165, 1.54) is 0 Å². The lowest BCUT2D eigenvalue weighted by Gasteiger charge is -2.34. The minimum atomic E-state index is 0.625. The number of anilines is 1. The van der Waals surface area contributed by atoms with Gasteiger partial charge in [-0.25, -0.2) is 0 Å². The van der Waals surface area contributed by atoms with Crippen molar-refractivity contribution < 1.29 is 4.74 Å². The predicted molar refractivity (Wildman–Crippen MR) is 77.6 cm³/mol. The Kier molecular flexibility index (Phi) is 5.22. The minimum absolute atomic E-state index is 0.625. The lowest BCUT2D eigenvalue weighted by atomic mass is 10.2. The van der Waals surface area contributed by atoms with Crippen molar-refractivity contribution in [2.45, 2.75) is 20.8 Å². The number of aromatic amines is 1. The zero-order chi connectivity index (χ0) is 13.7. The Balaban J connectivity index is 1.65. The lowest BCUT2D eigenvalue weighted by molar-refractivity contribution is 0.0838. The van der Waals surface area contributed by atoms with E-state index in [-0.39, 0.29) is 0 Å². The van der Waals surface area contributed by atoms with E-state index >= 15 is 0 Å². The fraction of sp³-hybridized carbons (Fsp3) is 0.786. The first-order valence-electron chi connectivity index (χ1n) is 7.22. The Labute approximate surface area is 115 Å². The first-order chi connectivity index (χ1) is 9.15. The van der Waals surface area contributed by atoms with Gasteiger partial charge in [0.15, 0.2) is 5.82 Å². The summed E-state index contributed by atoms with van der Waals surface area (Å²) in [5.74, 6) is 1.70. The number of rotatable bonds is 6. The highest BCUT2D eigenvalue weighted by molar-refractivity contribution is 5.39. The van der Waals surface area contributed by atoms with Gasteiger partial charge in [0.1, 0.15) is 0 Å². The average Bonchev–Trinajstić information content (AvgIpc) is 2.82. The molecule has 0 unspecified atom stereocenters. The van der Waals surface area contributed by atoms with Crippen LogP contribution < -0.4 is 4.90 Å². The van der Waals surface area contributed by atoms with Crippen LogP contribution in [-0.4, -0.2) is 61.0 Å². The van der Waals surface area contributed by atoms with Gasteiger partial charge in [0.25, 0.3) is 0 Å². The molecule has 19 heavy (non-hydrogen) atoms. The third-order valence-corrected chi connectivity index (χ3v) is 3.39. The van der Waals surface area contributed by atoms with Crippen LogP contribution in [-0.2, 0) is 4.74 Å². The normalized spacial score (nSPS) is 17.4. The molecule has 1 fully saturated rings. The molecule has 0 aromatic carbocycles. The van der Waals surface area contributed by atoms with E-state index in [0.29, 0.717) is 5.92 Å². The quantitative estimate of drug-likeness (QED) is 0.793. The Morgan fingerprint density at radius 3 is 2.63 bits per heavy atom. The van der Waals surface area contributed by atoms with Gasteiger partial charge in [-0.1, -0.05) is 13.8 Å². The summed E-state index contributed by atoms with van der Waals surface area (Å²) >= 11 is 0. The summed E-state index contributed by atoms with van der Waals surface area (Å²) in [6.07, 6.45) is 0. The fourth-order valence-electron chi connectivity index (χ4n) is 2.28. The van der Waals surface area contributed by atoms with E-state index in [1.807, 2.05) is 6.92 Å². The maximum atomic E-state index is 5.64. The first-order valence-corrected chi connectivity index (χ1v) is 7.22. The number of hydrogen-bond acceptors (Lipinski definition) is 4. The third kappa shape index (κ3) is 4.51. The standard InChI is InChI=1S/C14H26N4O/c1-12(2)11-19-9-8-17-4-6-18(7-5-17)14-10-13(3)15-16-14/h10,12H,4-9,11H2,1-3H3,(H,15,16). The number of hydrogen-bond donors (Lipinski definition) is 1. The largest absolute Gasteiger partial charge is 0.380 e. The molecule has 1 aliphatic heterocycles. The van der Waals surface area contributed by atoms with Gasteiger partial charge in [-0.2, -0.15) is 5.10 Å². The highest BCUT2D eigenvalue weighted by atomic mass is 16.5. The summed E-state index contributed by atoms with van der Waals surface area (Å²) in [5, 5.41) is 7.32. The van der Waals surface area contributed by atoms with E-state index < -0.39 is 0 Å². The summed E-state index contributed by atoms with van der Waals surface area (Å²) in [4.78, 5) is 4.81. The molecule has 108 valence electrons. The molecule has 1 N–H and O–H groups in total. The number of nitrogens with zero attached hydrogens (tertiary/aromatic N) is 3. The van der Waals surface area contributed by atoms with Crippen LogP contribution in [0.5, 0.6) is 0 Å². The van der Waals surface area contributed by atoms with Gasteiger partial charge in [0, 0.05) is 51.1 Å². The molecule has 0 bridgehead atoms. The minimum Gasteiger partial charge on any atom is -0.380 e. The Hall–Kier alpha value is -1.07. The van der Waals surface area contributed by atoms with Crippen LogP contribution in [0.1, 0.15) is 19.5 Å². The van der Waals surface area contributed by atoms with Crippen molar-refractivity contribution in [3.05, 3.63) is 11.8 Å². The van der Waals surface area contributed by atoms with Gasteiger partial charge in [0.2, 0.25) is 0 Å². The van der Waals surface area contributed by atoms with E-state index in [0.717, 1.165) is 57.4 Å². The van der Waals surface area contributed by atoms with Crippen molar-refractivity contribution in [3.63, 3.8) is 0 Å². The van der Waals surface area contributed by atoms with Gasteiger partial charge >= 0.3 is 0 Å². The molecule has 0 radical (unpaired) electrons. The maximum Gasteiger partial charge on any atom is 0.150 e. The number of H-pyrrole nitrogens is 1. The second-order valence-electron chi connectivity index (χ2n) is 5.71. The summed E-state index contributed by atoms with van der Waals surface area (Å²) < 4.78 is 5.64. The number of piperazine rings is 1. The summed E-state index contributed by atoms with van der Waals surface area (Å²) in [5.41, 5.74) is 1.12. The molecular formula is C14H26N4O. The molecule has 1 aromatic rings. The average molecular weight is 266 g/mol. The van der Waals surface area contributed by atoms with Crippen molar-refractivity contribution in [2.75, 3.05) is 50.8 Å². The molecule has 0 spiro atoms. The second-order valence-corrected chi connectivity index (χ2v) is 5.71. The number of nitrogens with one attached hydrogen (secondary N) is 1. The molecule has 2 heterocycles. The molecule has 0 amide bonds. The van der Waals surface area contributed by atoms with Crippen LogP contribution >= 0.6 is 0 Å². The molecule has 1 aliphatic rings. The van der Waals surface area contributed by atoms with Gasteiger partial charge < -0.3 is 9.64 Å².